The maximum absolute atomic E-state index is 4.84. The minimum absolute atomic E-state index is 0.338. The molecule has 1 aromatic carbocycles. The molecular weight excluding hydrogens is 310 g/mol. The molecule has 130 valence electrons. The monoisotopic (exact) mass is 335 g/mol. The second-order valence-corrected chi connectivity index (χ2v) is 7.33. The Labute approximate surface area is 148 Å². The SMILES string of the molecule is Cc1ccc2nc([C@H]3CCCN3Cc3ccnc(C(C)C)n3)[nH]c2c1. The Morgan fingerprint density at radius 1 is 1.24 bits per heavy atom. The van der Waals surface area contributed by atoms with Gasteiger partial charge < -0.3 is 4.98 Å². The van der Waals surface area contributed by atoms with Crippen molar-refractivity contribution in [2.75, 3.05) is 6.54 Å². The molecule has 3 heterocycles. The van der Waals surface area contributed by atoms with E-state index in [0.29, 0.717) is 12.0 Å². The lowest BCUT2D eigenvalue weighted by molar-refractivity contribution is 0.238. The van der Waals surface area contributed by atoms with Crippen molar-refractivity contribution < 1.29 is 0 Å². The van der Waals surface area contributed by atoms with Gasteiger partial charge in [0.15, 0.2) is 0 Å². The molecule has 1 saturated heterocycles. The number of aromatic amines is 1. The van der Waals surface area contributed by atoms with E-state index in [-0.39, 0.29) is 0 Å². The molecule has 1 aliphatic rings. The predicted octanol–water partition coefficient (Wildman–Crippen LogP) is 4.12. The average molecular weight is 335 g/mol. The number of aryl methyl sites for hydroxylation is 1. The zero-order valence-corrected chi connectivity index (χ0v) is 15.2. The third-order valence-corrected chi connectivity index (χ3v) is 4.95. The van der Waals surface area contributed by atoms with E-state index in [1.807, 2.05) is 12.3 Å². The van der Waals surface area contributed by atoms with Crippen molar-refractivity contribution in [2.24, 2.45) is 0 Å². The van der Waals surface area contributed by atoms with Crippen molar-refractivity contribution in [3.8, 4) is 0 Å². The molecule has 1 N–H and O–H groups in total. The molecule has 3 aromatic rings. The Balaban J connectivity index is 1.58. The Kier molecular flexibility index (Phi) is 4.25. The van der Waals surface area contributed by atoms with E-state index in [1.54, 1.807) is 0 Å². The van der Waals surface area contributed by atoms with E-state index < -0.39 is 0 Å². The summed E-state index contributed by atoms with van der Waals surface area (Å²) in [6.45, 7) is 8.32. The first-order chi connectivity index (χ1) is 12.1. The highest BCUT2D eigenvalue weighted by Crippen LogP contribution is 2.32. The number of imidazole rings is 1. The average Bonchev–Trinajstić information content (AvgIpc) is 3.20. The lowest BCUT2D eigenvalue weighted by Gasteiger charge is -2.22. The number of aromatic nitrogens is 4. The van der Waals surface area contributed by atoms with Crippen LogP contribution in [-0.4, -0.2) is 31.4 Å². The fourth-order valence-electron chi connectivity index (χ4n) is 3.61. The largest absolute Gasteiger partial charge is 0.341 e. The Morgan fingerprint density at radius 3 is 2.96 bits per heavy atom. The lowest BCUT2D eigenvalue weighted by Crippen LogP contribution is -2.24. The van der Waals surface area contributed by atoms with Gasteiger partial charge in [-0.2, -0.15) is 0 Å². The second-order valence-electron chi connectivity index (χ2n) is 7.33. The fraction of sp³-hybridized carbons (Fsp3) is 0.450. The van der Waals surface area contributed by atoms with E-state index in [9.17, 15) is 0 Å². The summed E-state index contributed by atoms with van der Waals surface area (Å²) in [6.07, 6.45) is 4.22. The molecule has 5 nitrogen and oxygen atoms in total. The summed E-state index contributed by atoms with van der Waals surface area (Å²) in [5, 5.41) is 0. The molecule has 1 fully saturated rings. The van der Waals surface area contributed by atoms with Crippen molar-refractivity contribution in [2.45, 2.75) is 52.1 Å². The zero-order chi connectivity index (χ0) is 17.4. The summed E-state index contributed by atoms with van der Waals surface area (Å²) in [5.74, 6) is 2.36. The van der Waals surface area contributed by atoms with Gasteiger partial charge in [-0.15, -0.1) is 0 Å². The molecule has 0 amide bonds. The predicted molar refractivity (Wildman–Crippen MR) is 99.3 cm³/mol. The number of nitrogens with one attached hydrogen (secondary N) is 1. The van der Waals surface area contributed by atoms with Crippen LogP contribution in [0.5, 0.6) is 0 Å². The van der Waals surface area contributed by atoms with Gasteiger partial charge in [-0.1, -0.05) is 19.9 Å². The Bertz CT molecular complexity index is 883. The minimum Gasteiger partial charge on any atom is -0.341 e. The van der Waals surface area contributed by atoms with Gasteiger partial charge in [0.05, 0.1) is 22.8 Å². The number of benzene rings is 1. The number of H-pyrrole nitrogens is 1. The summed E-state index contributed by atoms with van der Waals surface area (Å²) < 4.78 is 0. The van der Waals surface area contributed by atoms with Crippen LogP contribution in [0, 0.1) is 6.92 Å². The van der Waals surface area contributed by atoms with Crippen LogP contribution in [0.15, 0.2) is 30.5 Å². The smallest absolute Gasteiger partial charge is 0.131 e. The molecule has 0 radical (unpaired) electrons. The van der Waals surface area contributed by atoms with Gasteiger partial charge in [-0.25, -0.2) is 15.0 Å². The van der Waals surface area contributed by atoms with Crippen LogP contribution in [0.2, 0.25) is 0 Å². The van der Waals surface area contributed by atoms with Crippen LogP contribution in [0.1, 0.15) is 61.6 Å². The van der Waals surface area contributed by atoms with E-state index in [2.05, 4.69) is 53.8 Å². The Morgan fingerprint density at radius 2 is 2.12 bits per heavy atom. The number of fused-ring (bicyclic) bond motifs is 1. The van der Waals surface area contributed by atoms with Crippen molar-refractivity contribution in [1.29, 1.82) is 0 Å². The second kappa shape index (κ2) is 6.56. The van der Waals surface area contributed by atoms with Crippen LogP contribution in [0.3, 0.4) is 0 Å². The fourth-order valence-corrected chi connectivity index (χ4v) is 3.61. The van der Waals surface area contributed by atoms with Crippen molar-refractivity contribution in [1.82, 2.24) is 24.8 Å². The van der Waals surface area contributed by atoms with E-state index in [1.165, 1.54) is 12.0 Å². The van der Waals surface area contributed by atoms with Crippen LogP contribution in [0.4, 0.5) is 0 Å². The summed E-state index contributed by atoms with van der Waals surface area (Å²) in [6, 6.07) is 8.76. The van der Waals surface area contributed by atoms with Crippen LogP contribution in [0.25, 0.3) is 11.0 Å². The van der Waals surface area contributed by atoms with E-state index >= 15 is 0 Å². The third-order valence-electron chi connectivity index (χ3n) is 4.95. The molecule has 1 atom stereocenters. The molecule has 1 aliphatic heterocycles. The maximum atomic E-state index is 4.84. The first-order valence-electron chi connectivity index (χ1n) is 9.12. The van der Waals surface area contributed by atoms with Crippen molar-refractivity contribution >= 4 is 11.0 Å². The molecule has 0 spiro atoms. The topological polar surface area (TPSA) is 57.7 Å². The molecule has 0 bridgehead atoms. The highest BCUT2D eigenvalue weighted by molar-refractivity contribution is 5.75. The molecule has 4 rings (SSSR count). The van der Waals surface area contributed by atoms with Gasteiger partial charge >= 0.3 is 0 Å². The third kappa shape index (κ3) is 3.29. The van der Waals surface area contributed by atoms with E-state index in [0.717, 1.165) is 47.9 Å². The van der Waals surface area contributed by atoms with Crippen LogP contribution >= 0.6 is 0 Å². The molecule has 5 heteroatoms. The van der Waals surface area contributed by atoms with Crippen molar-refractivity contribution in [3.63, 3.8) is 0 Å². The van der Waals surface area contributed by atoms with Crippen LogP contribution in [-0.2, 0) is 6.54 Å². The summed E-state index contributed by atoms with van der Waals surface area (Å²) in [5.41, 5.74) is 4.54. The quantitative estimate of drug-likeness (QED) is 0.779. The molecular formula is C20H25N5. The first kappa shape index (κ1) is 16.2. The lowest BCUT2D eigenvalue weighted by atomic mass is 10.2. The number of likely N-dealkylation sites (tertiary alicyclic amines) is 1. The number of nitrogens with zero attached hydrogens (tertiary/aromatic N) is 4. The molecule has 0 aliphatic carbocycles. The number of rotatable bonds is 4. The van der Waals surface area contributed by atoms with Crippen molar-refractivity contribution in [3.05, 3.63) is 53.4 Å². The summed E-state index contributed by atoms with van der Waals surface area (Å²) >= 11 is 0. The Hall–Kier alpha value is -2.27. The molecule has 0 saturated carbocycles. The van der Waals surface area contributed by atoms with E-state index in [4.69, 9.17) is 9.97 Å². The van der Waals surface area contributed by atoms with Gasteiger partial charge in [0.2, 0.25) is 0 Å². The summed E-state index contributed by atoms with van der Waals surface area (Å²) in [4.78, 5) is 20.0. The van der Waals surface area contributed by atoms with Crippen LogP contribution < -0.4 is 0 Å². The summed E-state index contributed by atoms with van der Waals surface area (Å²) in [7, 11) is 0. The van der Waals surface area contributed by atoms with Gasteiger partial charge in [0.25, 0.3) is 0 Å². The first-order valence-corrected chi connectivity index (χ1v) is 9.12. The standard InChI is InChI=1S/C20H25N5/c1-13(2)19-21-9-8-15(22-19)12-25-10-4-5-18(25)20-23-16-7-6-14(3)11-17(16)24-20/h6-9,11,13,18H,4-5,10,12H2,1-3H3,(H,23,24)/t18-/m1/s1. The van der Waals surface area contributed by atoms with Gasteiger partial charge in [-0.05, 0) is 50.1 Å². The molecule has 0 unspecified atom stereocenters. The molecule has 2 aromatic heterocycles. The van der Waals surface area contributed by atoms with Gasteiger partial charge in [0, 0.05) is 18.7 Å². The highest BCUT2D eigenvalue weighted by atomic mass is 15.2. The maximum Gasteiger partial charge on any atom is 0.131 e. The van der Waals surface area contributed by atoms with Gasteiger partial charge in [0.1, 0.15) is 11.6 Å². The zero-order valence-electron chi connectivity index (χ0n) is 15.2. The normalized spacial score (nSPS) is 18.5. The molecule has 25 heavy (non-hydrogen) atoms. The van der Waals surface area contributed by atoms with Gasteiger partial charge in [-0.3, -0.25) is 4.90 Å². The number of hydrogen-bond donors (Lipinski definition) is 1. The highest BCUT2D eigenvalue weighted by Gasteiger charge is 2.29. The number of hydrogen-bond acceptors (Lipinski definition) is 4. The minimum atomic E-state index is 0.338.